The van der Waals surface area contributed by atoms with Crippen LogP contribution in [0.15, 0.2) is 12.1 Å². The fourth-order valence-corrected chi connectivity index (χ4v) is 4.99. The first-order chi connectivity index (χ1) is 12.7. The van der Waals surface area contributed by atoms with Crippen LogP contribution in [0.1, 0.15) is 25.7 Å². The summed E-state index contributed by atoms with van der Waals surface area (Å²) < 4.78 is 6.35. The Labute approximate surface area is 162 Å². The lowest BCUT2D eigenvalue weighted by atomic mass is 10.2. The molecule has 1 aliphatic carbocycles. The van der Waals surface area contributed by atoms with Crippen molar-refractivity contribution in [2.45, 2.75) is 31.7 Å². The summed E-state index contributed by atoms with van der Waals surface area (Å²) in [5, 5.41) is 4.79. The summed E-state index contributed by atoms with van der Waals surface area (Å²) in [6, 6.07) is 4.13. The molecule has 0 spiro atoms. The Kier molecular flexibility index (Phi) is 5.09. The normalized spacial score (nSPS) is 18.5. The minimum absolute atomic E-state index is 0.0746. The van der Waals surface area contributed by atoms with Crippen molar-refractivity contribution in [3.8, 4) is 5.75 Å². The maximum Gasteiger partial charge on any atom is 0.317 e. The lowest BCUT2D eigenvalue weighted by Crippen LogP contribution is -2.53. The van der Waals surface area contributed by atoms with Crippen LogP contribution in [-0.2, 0) is 0 Å². The zero-order chi connectivity index (χ0) is 18.1. The van der Waals surface area contributed by atoms with Gasteiger partial charge in [0.1, 0.15) is 11.3 Å². The summed E-state index contributed by atoms with van der Waals surface area (Å²) in [6.45, 7) is 2.97. The van der Waals surface area contributed by atoms with Gasteiger partial charge in [-0.1, -0.05) is 35.8 Å². The van der Waals surface area contributed by atoms with Crippen molar-refractivity contribution in [1.82, 2.24) is 15.2 Å². The molecule has 1 aromatic heterocycles. The monoisotopic (exact) mass is 394 g/mol. The molecule has 0 radical (unpaired) electrons. The van der Waals surface area contributed by atoms with Gasteiger partial charge in [-0.2, -0.15) is 0 Å². The predicted molar refractivity (Wildman–Crippen MR) is 106 cm³/mol. The molecular formula is C18H23ClN4O2S. The molecule has 1 N–H and O–H groups in total. The molecule has 140 valence electrons. The Morgan fingerprint density at radius 1 is 1.27 bits per heavy atom. The lowest BCUT2D eigenvalue weighted by molar-refractivity contribution is 0.190. The number of benzene rings is 1. The third-order valence-electron chi connectivity index (χ3n) is 5.19. The molecule has 26 heavy (non-hydrogen) atoms. The molecule has 2 aromatic rings. The minimum atomic E-state index is 0.0746. The number of rotatable bonds is 3. The van der Waals surface area contributed by atoms with E-state index in [9.17, 15) is 4.79 Å². The van der Waals surface area contributed by atoms with Crippen LogP contribution in [0.5, 0.6) is 5.75 Å². The van der Waals surface area contributed by atoms with E-state index in [0.29, 0.717) is 24.2 Å². The Morgan fingerprint density at radius 2 is 2.00 bits per heavy atom. The van der Waals surface area contributed by atoms with Crippen LogP contribution < -0.4 is 15.0 Å². The fraction of sp³-hybridized carbons (Fsp3) is 0.556. The van der Waals surface area contributed by atoms with Gasteiger partial charge < -0.3 is 19.9 Å². The van der Waals surface area contributed by atoms with Gasteiger partial charge in [0.05, 0.1) is 16.8 Å². The molecular weight excluding hydrogens is 372 g/mol. The molecule has 0 atom stereocenters. The quantitative estimate of drug-likeness (QED) is 0.861. The van der Waals surface area contributed by atoms with E-state index in [2.05, 4.69) is 10.2 Å². The molecule has 2 fully saturated rings. The van der Waals surface area contributed by atoms with E-state index >= 15 is 0 Å². The number of hydrogen-bond donors (Lipinski definition) is 1. The van der Waals surface area contributed by atoms with Crippen molar-refractivity contribution in [3.05, 3.63) is 17.2 Å². The molecule has 1 aromatic carbocycles. The van der Waals surface area contributed by atoms with Crippen LogP contribution in [0.3, 0.4) is 0 Å². The van der Waals surface area contributed by atoms with Crippen molar-refractivity contribution in [3.63, 3.8) is 0 Å². The molecule has 2 amide bonds. The second kappa shape index (κ2) is 7.48. The topological polar surface area (TPSA) is 57.7 Å². The zero-order valence-electron chi connectivity index (χ0n) is 14.8. The van der Waals surface area contributed by atoms with Gasteiger partial charge in [0.15, 0.2) is 5.13 Å². The third-order valence-corrected chi connectivity index (χ3v) is 6.76. The highest BCUT2D eigenvalue weighted by Crippen LogP contribution is 2.38. The molecule has 0 bridgehead atoms. The van der Waals surface area contributed by atoms with Crippen LogP contribution >= 0.6 is 22.9 Å². The van der Waals surface area contributed by atoms with Gasteiger partial charge in [0, 0.05) is 32.2 Å². The number of carbonyl (C=O) groups excluding carboxylic acids is 1. The van der Waals surface area contributed by atoms with Crippen LogP contribution in [0.2, 0.25) is 5.02 Å². The van der Waals surface area contributed by atoms with Gasteiger partial charge in [-0.05, 0) is 25.0 Å². The molecule has 2 aliphatic rings. The number of thiazole rings is 1. The number of halogens is 1. The van der Waals surface area contributed by atoms with Crippen LogP contribution in [0.25, 0.3) is 10.2 Å². The number of nitrogens with zero attached hydrogens (tertiary/aromatic N) is 3. The maximum absolute atomic E-state index is 12.4. The number of methoxy groups -OCH3 is 1. The standard InChI is InChI=1S/C18H23ClN4O2S/c1-25-14-7-6-13(19)16-15(14)21-18(26-16)23-10-8-22(9-11-23)17(24)20-12-4-2-3-5-12/h6-7,12H,2-5,8-11H2,1H3,(H,20,24). The summed E-state index contributed by atoms with van der Waals surface area (Å²) in [5.74, 6) is 0.737. The summed E-state index contributed by atoms with van der Waals surface area (Å²) in [7, 11) is 1.64. The van der Waals surface area contributed by atoms with Crippen LogP contribution in [0, 0.1) is 0 Å². The van der Waals surface area contributed by atoms with Crippen molar-refractivity contribution in [1.29, 1.82) is 0 Å². The van der Waals surface area contributed by atoms with Crippen molar-refractivity contribution >= 4 is 44.3 Å². The number of carbonyl (C=O) groups is 1. The number of nitrogens with one attached hydrogen (secondary N) is 1. The first-order valence-corrected chi connectivity index (χ1v) is 10.3. The highest BCUT2D eigenvalue weighted by Gasteiger charge is 2.26. The average molecular weight is 395 g/mol. The largest absolute Gasteiger partial charge is 0.494 e. The summed E-state index contributed by atoms with van der Waals surface area (Å²) in [5.41, 5.74) is 0.807. The van der Waals surface area contributed by atoms with Crippen LogP contribution in [0.4, 0.5) is 9.93 Å². The Hall–Kier alpha value is -1.73. The molecule has 1 saturated heterocycles. The Balaban J connectivity index is 1.42. The van der Waals surface area contributed by atoms with E-state index in [-0.39, 0.29) is 6.03 Å². The SMILES string of the molecule is COc1ccc(Cl)c2sc(N3CCN(C(=O)NC4CCCC4)CC3)nc12. The number of anilines is 1. The highest BCUT2D eigenvalue weighted by molar-refractivity contribution is 7.22. The van der Waals surface area contributed by atoms with E-state index in [1.54, 1.807) is 18.4 Å². The minimum Gasteiger partial charge on any atom is -0.494 e. The zero-order valence-corrected chi connectivity index (χ0v) is 16.4. The number of amides is 2. The van der Waals surface area contributed by atoms with Gasteiger partial charge in [-0.3, -0.25) is 0 Å². The van der Waals surface area contributed by atoms with E-state index in [1.807, 2.05) is 17.0 Å². The third kappa shape index (κ3) is 3.42. The molecule has 8 heteroatoms. The number of urea groups is 1. The number of ether oxygens (including phenoxy) is 1. The van der Waals surface area contributed by atoms with Gasteiger partial charge in [0.25, 0.3) is 0 Å². The molecule has 2 heterocycles. The number of fused-ring (bicyclic) bond motifs is 1. The number of hydrogen-bond acceptors (Lipinski definition) is 5. The van der Waals surface area contributed by atoms with Gasteiger partial charge in [-0.25, -0.2) is 9.78 Å². The molecule has 6 nitrogen and oxygen atoms in total. The van der Waals surface area contributed by atoms with Crippen molar-refractivity contribution in [2.24, 2.45) is 0 Å². The van der Waals surface area contributed by atoms with Gasteiger partial charge in [0.2, 0.25) is 0 Å². The van der Waals surface area contributed by atoms with Crippen molar-refractivity contribution in [2.75, 3.05) is 38.2 Å². The van der Waals surface area contributed by atoms with Crippen molar-refractivity contribution < 1.29 is 9.53 Å². The number of aromatic nitrogens is 1. The second-order valence-corrected chi connectivity index (χ2v) is 8.21. The highest BCUT2D eigenvalue weighted by atomic mass is 35.5. The van der Waals surface area contributed by atoms with E-state index in [4.69, 9.17) is 21.3 Å². The van der Waals surface area contributed by atoms with Crippen LogP contribution in [-0.4, -0.2) is 55.2 Å². The first-order valence-electron chi connectivity index (χ1n) is 9.09. The number of piperazine rings is 1. The summed E-state index contributed by atoms with van der Waals surface area (Å²) in [6.07, 6.45) is 4.67. The summed E-state index contributed by atoms with van der Waals surface area (Å²) >= 11 is 7.90. The summed E-state index contributed by atoms with van der Waals surface area (Å²) in [4.78, 5) is 21.3. The molecule has 1 aliphatic heterocycles. The van der Waals surface area contributed by atoms with E-state index in [1.165, 1.54) is 12.8 Å². The molecule has 4 rings (SSSR count). The molecule has 1 saturated carbocycles. The first kappa shape index (κ1) is 17.7. The molecule has 0 unspecified atom stereocenters. The van der Waals surface area contributed by atoms with Gasteiger partial charge in [-0.15, -0.1) is 0 Å². The smallest absolute Gasteiger partial charge is 0.317 e. The van der Waals surface area contributed by atoms with E-state index in [0.717, 1.165) is 47.0 Å². The van der Waals surface area contributed by atoms with Gasteiger partial charge >= 0.3 is 6.03 Å². The maximum atomic E-state index is 12.4. The fourth-order valence-electron chi connectivity index (χ4n) is 3.68. The lowest BCUT2D eigenvalue weighted by Gasteiger charge is -2.35. The predicted octanol–water partition coefficient (Wildman–Crippen LogP) is 3.73. The Morgan fingerprint density at radius 3 is 2.69 bits per heavy atom. The van der Waals surface area contributed by atoms with E-state index < -0.39 is 0 Å². The Bertz CT molecular complexity index is 798. The average Bonchev–Trinajstić information content (AvgIpc) is 3.32. The second-order valence-electron chi connectivity index (χ2n) is 6.83.